The fourth-order valence-electron chi connectivity index (χ4n) is 4.11. The highest BCUT2D eigenvalue weighted by Gasteiger charge is 2.38. The predicted molar refractivity (Wildman–Crippen MR) is 127 cm³/mol. The number of halogens is 1. The summed E-state index contributed by atoms with van der Waals surface area (Å²) in [6.07, 6.45) is 0.229. The van der Waals surface area contributed by atoms with Gasteiger partial charge in [0, 0.05) is 23.0 Å². The quantitative estimate of drug-likeness (QED) is 0.594. The van der Waals surface area contributed by atoms with Crippen molar-refractivity contribution in [3.8, 4) is 17.6 Å². The molecule has 0 bridgehead atoms. The molecule has 6 nitrogen and oxygen atoms in total. The first-order valence-corrected chi connectivity index (χ1v) is 11.7. The molecule has 2 aliphatic heterocycles. The molecular weight excluding hydrogens is 446 g/mol. The van der Waals surface area contributed by atoms with Crippen molar-refractivity contribution in [2.45, 2.75) is 26.2 Å². The van der Waals surface area contributed by atoms with Crippen LogP contribution < -0.4 is 14.4 Å². The van der Waals surface area contributed by atoms with Gasteiger partial charge in [0.05, 0.1) is 42.9 Å². The highest BCUT2D eigenvalue weighted by atomic mass is 35.5. The van der Waals surface area contributed by atoms with Gasteiger partial charge in [-0.05, 0) is 49.2 Å². The van der Waals surface area contributed by atoms with Crippen molar-refractivity contribution in [1.29, 1.82) is 5.26 Å². The van der Waals surface area contributed by atoms with Crippen LogP contribution in [0.25, 0.3) is 0 Å². The van der Waals surface area contributed by atoms with Crippen LogP contribution in [0.15, 0.2) is 47.0 Å². The number of nitrogens with zero attached hydrogens (tertiary/aromatic N) is 3. The molecule has 1 amide bonds. The molecular formula is C24H24ClN3O3S. The standard InChI is InChI=1S/C24H24ClN3O3S/c1-4-31-21-9-8-16(10-22(21)30-3)17-11-23(29)28-13-27(14-32-24(28)18(17)12-26)20-7-5-6-19(25)15(20)2/h5-10,17H,4,11,13-14H2,1-3H3/t17-/m1/s1. The molecule has 2 aromatic rings. The average molecular weight is 470 g/mol. The van der Waals surface area contributed by atoms with Gasteiger partial charge >= 0.3 is 0 Å². The monoisotopic (exact) mass is 469 g/mol. The predicted octanol–water partition coefficient (Wildman–Crippen LogP) is 5.28. The second-order valence-electron chi connectivity index (χ2n) is 7.59. The maximum Gasteiger partial charge on any atom is 0.229 e. The number of rotatable bonds is 5. The molecule has 1 fully saturated rings. The molecule has 0 spiro atoms. The van der Waals surface area contributed by atoms with Gasteiger partial charge in [-0.1, -0.05) is 35.5 Å². The lowest BCUT2D eigenvalue weighted by atomic mass is 9.86. The number of benzene rings is 2. The van der Waals surface area contributed by atoms with Gasteiger partial charge in [-0.15, -0.1) is 0 Å². The summed E-state index contributed by atoms with van der Waals surface area (Å²) in [6, 6.07) is 13.8. The Kier molecular flexibility index (Phi) is 6.54. The molecule has 166 valence electrons. The van der Waals surface area contributed by atoms with Crippen LogP contribution >= 0.6 is 23.4 Å². The van der Waals surface area contributed by atoms with E-state index in [0.29, 0.717) is 41.2 Å². The fraction of sp³-hybridized carbons (Fsp3) is 0.333. The molecule has 0 saturated carbocycles. The largest absolute Gasteiger partial charge is 0.493 e. The van der Waals surface area contributed by atoms with Gasteiger partial charge < -0.3 is 14.4 Å². The number of anilines is 1. The Balaban J connectivity index is 1.67. The number of carbonyl (C=O) groups excluding carboxylic acids is 1. The number of amides is 1. The van der Waals surface area contributed by atoms with Gasteiger partial charge in [0.1, 0.15) is 0 Å². The summed E-state index contributed by atoms with van der Waals surface area (Å²) in [5.74, 6) is 1.56. The molecule has 2 aromatic carbocycles. The van der Waals surface area contributed by atoms with E-state index in [9.17, 15) is 10.1 Å². The van der Waals surface area contributed by atoms with E-state index in [-0.39, 0.29) is 18.2 Å². The van der Waals surface area contributed by atoms with Crippen molar-refractivity contribution in [2.75, 3.05) is 31.2 Å². The Morgan fingerprint density at radius 2 is 2.09 bits per heavy atom. The van der Waals surface area contributed by atoms with Crippen molar-refractivity contribution in [3.05, 3.63) is 63.1 Å². The van der Waals surface area contributed by atoms with E-state index >= 15 is 0 Å². The minimum absolute atomic E-state index is 0.00580. The lowest BCUT2D eigenvalue weighted by Gasteiger charge is -2.42. The normalized spacial score (nSPS) is 18.3. The third-order valence-electron chi connectivity index (χ3n) is 5.76. The molecule has 0 aliphatic carbocycles. The van der Waals surface area contributed by atoms with Crippen LogP contribution in [0.5, 0.6) is 11.5 Å². The molecule has 0 unspecified atom stereocenters. The van der Waals surface area contributed by atoms with Crippen molar-refractivity contribution >= 4 is 35.0 Å². The zero-order chi connectivity index (χ0) is 22.8. The average Bonchev–Trinajstić information content (AvgIpc) is 2.81. The molecule has 2 heterocycles. The minimum atomic E-state index is -0.310. The van der Waals surface area contributed by atoms with Crippen LogP contribution in [-0.4, -0.2) is 37.1 Å². The SMILES string of the molecule is CCOc1ccc([C@H]2CC(=O)N3CN(c4cccc(Cl)c4C)CSC3=C2C#N)cc1OC. The summed E-state index contributed by atoms with van der Waals surface area (Å²) < 4.78 is 11.1. The van der Waals surface area contributed by atoms with Crippen LogP contribution in [0.1, 0.15) is 30.4 Å². The molecule has 0 N–H and O–H groups in total. The van der Waals surface area contributed by atoms with E-state index in [1.165, 1.54) is 11.8 Å². The summed E-state index contributed by atoms with van der Waals surface area (Å²) in [5.41, 5.74) is 3.46. The van der Waals surface area contributed by atoms with E-state index in [1.54, 1.807) is 12.0 Å². The molecule has 1 atom stereocenters. The summed E-state index contributed by atoms with van der Waals surface area (Å²) in [4.78, 5) is 17.0. The number of hydrogen-bond acceptors (Lipinski definition) is 6. The zero-order valence-electron chi connectivity index (χ0n) is 18.2. The van der Waals surface area contributed by atoms with Crippen LogP contribution in [0.2, 0.25) is 5.02 Å². The molecule has 0 aromatic heterocycles. The Labute approximate surface area is 197 Å². The Hall–Kier alpha value is -2.82. The molecule has 0 radical (unpaired) electrons. The van der Waals surface area contributed by atoms with E-state index in [0.717, 1.165) is 21.8 Å². The summed E-state index contributed by atoms with van der Waals surface area (Å²) in [6.45, 7) is 4.81. The molecule has 32 heavy (non-hydrogen) atoms. The van der Waals surface area contributed by atoms with Crippen LogP contribution in [0.4, 0.5) is 5.69 Å². The van der Waals surface area contributed by atoms with Crippen LogP contribution in [-0.2, 0) is 4.79 Å². The number of thioether (sulfide) groups is 1. The van der Waals surface area contributed by atoms with Gasteiger partial charge in [-0.2, -0.15) is 5.26 Å². The van der Waals surface area contributed by atoms with E-state index in [1.807, 2.05) is 50.2 Å². The molecule has 2 aliphatic rings. The smallest absolute Gasteiger partial charge is 0.229 e. The van der Waals surface area contributed by atoms with Gasteiger partial charge in [-0.3, -0.25) is 9.69 Å². The number of carbonyl (C=O) groups is 1. The lowest BCUT2D eigenvalue weighted by molar-refractivity contribution is -0.129. The summed E-state index contributed by atoms with van der Waals surface area (Å²) in [5, 5.41) is 11.5. The van der Waals surface area contributed by atoms with Gasteiger partial charge in [0.15, 0.2) is 11.5 Å². The maximum atomic E-state index is 13.2. The second kappa shape index (κ2) is 9.35. The van der Waals surface area contributed by atoms with Crippen molar-refractivity contribution in [2.24, 2.45) is 0 Å². The number of hydrogen-bond donors (Lipinski definition) is 0. The van der Waals surface area contributed by atoms with E-state index < -0.39 is 0 Å². The second-order valence-corrected chi connectivity index (χ2v) is 8.93. The first-order chi connectivity index (χ1) is 15.5. The molecule has 1 saturated heterocycles. The minimum Gasteiger partial charge on any atom is -0.493 e. The Morgan fingerprint density at radius 3 is 2.81 bits per heavy atom. The Morgan fingerprint density at radius 1 is 1.28 bits per heavy atom. The van der Waals surface area contributed by atoms with Crippen molar-refractivity contribution < 1.29 is 14.3 Å². The lowest BCUT2D eigenvalue weighted by Crippen LogP contribution is -2.47. The summed E-state index contributed by atoms with van der Waals surface area (Å²) >= 11 is 7.81. The van der Waals surface area contributed by atoms with E-state index in [4.69, 9.17) is 21.1 Å². The molecule has 8 heteroatoms. The van der Waals surface area contributed by atoms with Gasteiger partial charge in [0.2, 0.25) is 5.91 Å². The first-order valence-electron chi connectivity index (χ1n) is 10.4. The maximum absolute atomic E-state index is 13.2. The highest BCUT2D eigenvalue weighted by Crippen LogP contribution is 2.45. The van der Waals surface area contributed by atoms with Gasteiger partial charge in [0.25, 0.3) is 0 Å². The highest BCUT2D eigenvalue weighted by molar-refractivity contribution is 8.03. The zero-order valence-corrected chi connectivity index (χ0v) is 19.8. The van der Waals surface area contributed by atoms with Gasteiger partial charge in [-0.25, -0.2) is 0 Å². The summed E-state index contributed by atoms with van der Waals surface area (Å²) in [7, 11) is 1.59. The number of fused-ring (bicyclic) bond motifs is 1. The third-order valence-corrected chi connectivity index (χ3v) is 7.33. The number of nitriles is 1. The van der Waals surface area contributed by atoms with E-state index in [2.05, 4.69) is 11.0 Å². The molecule has 4 rings (SSSR count). The topological polar surface area (TPSA) is 65.8 Å². The third kappa shape index (κ3) is 4.01. The van der Waals surface area contributed by atoms with Crippen LogP contribution in [0.3, 0.4) is 0 Å². The number of ether oxygens (including phenoxy) is 2. The Bertz CT molecular complexity index is 1130. The van der Waals surface area contributed by atoms with Crippen LogP contribution in [0, 0.1) is 18.3 Å². The first kappa shape index (κ1) is 22.4. The number of allylic oxidation sites excluding steroid dienone is 1. The van der Waals surface area contributed by atoms with Crippen molar-refractivity contribution in [1.82, 2.24) is 4.90 Å². The number of methoxy groups -OCH3 is 1. The van der Waals surface area contributed by atoms with Crippen molar-refractivity contribution in [3.63, 3.8) is 0 Å². The fourth-order valence-corrected chi connectivity index (χ4v) is 5.44.